The topological polar surface area (TPSA) is 66.5 Å². The van der Waals surface area contributed by atoms with Crippen LogP contribution in [0.2, 0.25) is 0 Å². The molecule has 104 valence electrons. The van der Waals surface area contributed by atoms with Gasteiger partial charge in [-0.05, 0) is 24.8 Å². The van der Waals surface area contributed by atoms with Crippen LogP contribution < -0.4 is 5.73 Å². The molecule has 0 aliphatic carbocycles. The largest absolute Gasteiger partial charge is 0.505 e. The number of benzene rings is 1. The zero-order valence-electron chi connectivity index (χ0n) is 10.6. The summed E-state index contributed by atoms with van der Waals surface area (Å²) >= 11 is 0. The van der Waals surface area contributed by atoms with Gasteiger partial charge in [0.05, 0.1) is 12.1 Å². The molecular weight excluding hydrogens is 257 g/mol. The number of nitrogens with two attached hydrogens (primary N) is 1. The summed E-state index contributed by atoms with van der Waals surface area (Å²) in [6.45, 7) is 4.11. The summed E-state index contributed by atoms with van der Waals surface area (Å²) in [5, 5.41) is 19.4. The average Bonchev–Trinajstić information content (AvgIpc) is 2.28. The average molecular weight is 278 g/mol. The number of phenols is 1. The molecule has 0 fully saturated rings. The van der Waals surface area contributed by atoms with Gasteiger partial charge in [-0.15, -0.1) is 12.4 Å². The second-order valence-corrected chi connectivity index (χ2v) is 4.74. The first kappa shape index (κ1) is 17.2. The minimum absolute atomic E-state index is 0. The van der Waals surface area contributed by atoms with Crippen molar-refractivity contribution in [1.82, 2.24) is 0 Å². The van der Waals surface area contributed by atoms with E-state index in [-0.39, 0.29) is 18.0 Å². The van der Waals surface area contributed by atoms with Crippen LogP contribution in [0.25, 0.3) is 0 Å². The van der Waals surface area contributed by atoms with Gasteiger partial charge in [-0.1, -0.05) is 26.0 Å². The third kappa shape index (κ3) is 4.44. The molecule has 0 aliphatic heterocycles. The molecule has 1 aromatic rings. The molecule has 0 unspecified atom stereocenters. The Morgan fingerprint density at radius 3 is 2.44 bits per heavy atom. The lowest BCUT2D eigenvalue weighted by atomic mass is 9.95. The first-order chi connectivity index (χ1) is 7.93. The summed E-state index contributed by atoms with van der Waals surface area (Å²) < 4.78 is 13.1. The third-order valence-corrected chi connectivity index (χ3v) is 2.83. The normalized spacial score (nSPS) is 14.1. The van der Waals surface area contributed by atoms with Crippen molar-refractivity contribution >= 4 is 12.4 Å². The number of halogens is 2. The van der Waals surface area contributed by atoms with Crippen molar-refractivity contribution in [2.24, 2.45) is 11.7 Å². The van der Waals surface area contributed by atoms with Crippen LogP contribution in [0.1, 0.15) is 38.3 Å². The summed E-state index contributed by atoms with van der Waals surface area (Å²) in [4.78, 5) is 0. The summed E-state index contributed by atoms with van der Waals surface area (Å²) in [6.07, 6.45) is 0.602. The molecule has 0 amide bonds. The Bertz CT molecular complexity index is 374. The fourth-order valence-corrected chi connectivity index (χ4v) is 1.69. The lowest BCUT2D eigenvalue weighted by Crippen LogP contribution is -2.26. The quantitative estimate of drug-likeness (QED) is 0.775. The van der Waals surface area contributed by atoms with Crippen LogP contribution in [0.15, 0.2) is 18.2 Å². The van der Waals surface area contributed by atoms with Crippen molar-refractivity contribution in [3.63, 3.8) is 0 Å². The number of aromatic hydroxyl groups is 1. The van der Waals surface area contributed by atoms with E-state index in [9.17, 15) is 14.6 Å². The van der Waals surface area contributed by atoms with Gasteiger partial charge in [0.2, 0.25) is 0 Å². The van der Waals surface area contributed by atoms with E-state index in [1.807, 2.05) is 0 Å². The molecule has 0 saturated carbocycles. The van der Waals surface area contributed by atoms with E-state index in [4.69, 9.17) is 5.73 Å². The molecule has 1 rings (SSSR count). The van der Waals surface area contributed by atoms with Gasteiger partial charge < -0.3 is 15.9 Å². The van der Waals surface area contributed by atoms with E-state index in [1.54, 1.807) is 0 Å². The predicted molar refractivity (Wildman–Crippen MR) is 72.3 cm³/mol. The second kappa shape index (κ2) is 7.56. The maximum Gasteiger partial charge on any atom is 0.165 e. The predicted octanol–water partition coefficient (Wildman–Crippen LogP) is 2.75. The number of aliphatic hydroxyl groups is 1. The van der Waals surface area contributed by atoms with Crippen molar-refractivity contribution in [1.29, 1.82) is 0 Å². The van der Waals surface area contributed by atoms with E-state index in [0.29, 0.717) is 12.3 Å². The summed E-state index contributed by atoms with van der Waals surface area (Å²) in [6, 6.07) is 3.40. The second-order valence-electron chi connectivity index (χ2n) is 4.74. The SMILES string of the molecule is CC(C)CC[C@H](O)[C@H](N)c1cccc(F)c1O.Cl. The molecule has 0 bridgehead atoms. The van der Waals surface area contributed by atoms with Gasteiger partial charge in [-0.3, -0.25) is 0 Å². The molecule has 0 heterocycles. The molecule has 1 aromatic carbocycles. The fourth-order valence-electron chi connectivity index (χ4n) is 1.69. The van der Waals surface area contributed by atoms with E-state index in [1.165, 1.54) is 12.1 Å². The highest BCUT2D eigenvalue weighted by Gasteiger charge is 2.21. The lowest BCUT2D eigenvalue weighted by Gasteiger charge is -2.20. The molecule has 18 heavy (non-hydrogen) atoms. The Hall–Kier alpha value is -0.840. The molecule has 2 atom stereocenters. The number of hydrogen-bond acceptors (Lipinski definition) is 3. The highest BCUT2D eigenvalue weighted by molar-refractivity contribution is 5.85. The van der Waals surface area contributed by atoms with Crippen molar-refractivity contribution in [2.45, 2.75) is 38.8 Å². The zero-order chi connectivity index (χ0) is 13.0. The van der Waals surface area contributed by atoms with Crippen LogP contribution in [0.5, 0.6) is 5.75 Å². The number of rotatable bonds is 5. The zero-order valence-corrected chi connectivity index (χ0v) is 11.5. The maximum absolute atomic E-state index is 13.1. The Morgan fingerprint density at radius 2 is 1.89 bits per heavy atom. The molecule has 0 aromatic heterocycles. The molecule has 0 spiro atoms. The van der Waals surface area contributed by atoms with Crippen molar-refractivity contribution < 1.29 is 14.6 Å². The van der Waals surface area contributed by atoms with Gasteiger partial charge in [-0.25, -0.2) is 4.39 Å². The van der Waals surface area contributed by atoms with Gasteiger partial charge in [0, 0.05) is 5.56 Å². The number of aliphatic hydroxyl groups excluding tert-OH is 1. The van der Waals surface area contributed by atoms with E-state index >= 15 is 0 Å². The van der Waals surface area contributed by atoms with Crippen LogP contribution >= 0.6 is 12.4 Å². The fraction of sp³-hybridized carbons (Fsp3) is 0.538. The van der Waals surface area contributed by atoms with Gasteiger partial charge >= 0.3 is 0 Å². The van der Waals surface area contributed by atoms with Crippen molar-refractivity contribution in [2.75, 3.05) is 0 Å². The first-order valence-corrected chi connectivity index (χ1v) is 5.84. The highest BCUT2D eigenvalue weighted by atomic mass is 35.5. The molecule has 0 radical (unpaired) electrons. The highest BCUT2D eigenvalue weighted by Crippen LogP contribution is 2.28. The Kier molecular flexibility index (Phi) is 7.21. The van der Waals surface area contributed by atoms with Gasteiger partial charge in [0.15, 0.2) is 11.6 Å². The summed E-state index contributed by atoms with van der Waals surface area (Å²) in [7, 11) is 0. The minimum Gasteiger partial charge on any atom is -0.505 e. The van der Waals surface area contributed by atoms with Crippen LogP contribution in [-0.4, -0.2) is 16.3 Å². The Labute approximate surface area is 113 Å². The summed E-state index contributed by atoms with van der Waals surface area (Å²) in [5.41, 5.74) is 6.07. The number of para-hydroxylation sites is 1. The molecule has 0 saturated heterocycles. The van der Waals surface area contributed by atoms with Crippen LogP contribution in [-0.2, 0) is 0 Å². The molecule has 0 aliphatic rings. The maximum atomic E-state index is 13.1. The van der Waals surface area contributed by atoms with Crippen molar-refractivity contribution in [3.05, 3.63) is 29.6 Å². The summed E-state index contributed by atoms with van der Waals surface area (Å²) in [5.74, 6) is -0.712. The van der Waals surface area contributed by atoms with E-state index in [2.05, 4.69) is 13.8 Å². The van der Waals surface area contributed by atoms with Crippen molar-refractivity contribution in [3.8, 4) is 5.75 Å². The molecule has 5 heteroatoms. The standard InChI is InChI=1S/C13H20FNO2.ClH/c1-8(2)6-7-11(16)12(15)9-4-3-5-10(14)13(9)17;/h3-5,8,11-12,16-17H,6-7,15H2,1-2H3;1H/t11-,12+;/m0./s1. The number of hydrogen-bond donors (Lipinski definition) is 3. The van der Waals surface area contributed by atoms with Gasteiger partial charge in [0.1, 0.15) is 0 Å². The monoisotopic (exact) mass is 277 g/mol. The van der Waals surface area contributed by atoms with E-state index < -0.39 is 23.7 Å². The smallest absolute Gasteiger partial charge is 0.165 e. The molecule has 3 nitrogen and oxygen atoms in total. The van der Waals surface area contributed by atoms with Gasteiger partial charge in [0.25, 0.3) is 0 Å². The molecule has 4 N–H and O–H groups in total. The molecular formula is C13H21ClFNO2. The van der Waals surface area contributed by atoms with Crippen LogP contribution in [0.3, 0.4) is 0 Å². The third-order valence-electron chi connectivity index (χ3n) is 2.83. The van der Waals surface area contributed by atoms with E-state index in [0.717, 1.165) is 12.5 Å². The lowest BCUT2D eigenvalue weighted by molar-refractivity contribution is 0.127. The van der Waals surface area contributed by atoms with Crippen LogP contribution in [0, 0.1) is 11.7 Å². The number of phenolic OH excluding ortho intramolecular Hbond substituents is 1. The Morgan fingerprint density at radius 1 is 1.28 bits per heavy atom. The van der Waals surface area contributed by atoms with Gasteiger partial charge in [-0.2, -0.15) is 0 Å². The Balaban J connectivity index is 0.00000289. The first-order valence-electron chi connectivity index (χ1n) is 5.84. The van der Waals surface area contributed by atoms with Crippen LogP contribution in [0.4, 0.5) is 4.39 Å². The minimum atomic E-state index is -0.773.